The van der Waals surface area contributed by atoms with E-state index >= 15 is 0 Å². The van der Waals surface area contributed by atoms with Crippen LogP contribution in [0.4, 0.5) is 10.1 Å². The fraction of sp³-hybridized carbons (Fsp3) is 0.308. The summed E-state index contributed by atoms with van der Waals surface area (Å²) in [6, 6.07) is 4.74. The molecule has 1 N–H and O–H groups in total. The molecule has 0 fully saturated rings. The Kier molecular flexibility index (Phi) is 3.62. The van der Waals surface area contributed by atoms with Gasteiger partial charge in [-0.2, -0.15) is 0 Å². The van der Waals surface area contributed by atoms with Crippen LogP contribution in [0.2, 0.25) is 0 Å². The van der Waals surface area contributed by atoms with Gasteiger partial charge in [0.1, 0.15) is 11.6 Å². The second kappa shape index (κ2) is 5.18. The zero-order chi connectivity index (χ0) is 13.1. The van der Waals surface area contributed by atoms with Crippen molar-refractivity contribution in [3.8, 4) is 0 Å². The van der Waals surface area contributed by atoms with E-state index in [0.717, 1.165) is 5.82 Å². The number of benzene rings is 1. The Hall–Kier alpha value is -1.88. The van der Waals surface area contributed by atoms with Crippen LogP contribution in [0.25, 0.3) is 0 Å². The maximum Gasteiger partial charge on any atom is 0.146 e. The molecule has 2 aromatic rings. The van der Waals surface area contributed by atoms with Gasteiger partial charge < -0.3 is 14.6 Å². The molecule has 0 radical (unpaired) electrons. The van der Waals surface area contributed by atoms with Crippen molar-refractivity contribution in [3.63, 3.8) is 0 Å². The fourth-order valence-electron chi connectivity index (χ4n) is 1.80. The summed E-state index contributed by atoms with van der Waals surface area (Å²) in [4.78, 5) is 5.99. The van der Waals surface area contributed by atoms with Crippen LogP contribution in [0.15, 0.2) is 30.6 Å². The molecule has 0 aliphatic rings. The van der Waals surface area contributed by atoms with Gasteiger partial charge in [0.2, 0.25) is 0 Å². The van der Waals surface area contributed by atoms with E-state index in [1.54, 1.807) is 23.2 Å². The minimum atomic E-state index is -0.335. The van der Waals surface area contributed by atoms with Gasteiger partial charge in [0, 0.05) is 26.5 Å². The molecular formula is C13H16FN3O. The van der Waals surface area contributed by atoms with Crippen molar-refractivity contribution in [2.45, 2.75) is 13.2 Å². The monoisotopic (exact) mass is 249 g/mol. The number of aliphatic hydroxyl groups is 1. The highest BCUT2D eigenvalue weighted by Gasteiger charge is 2.10. The zero-order valence-electron chi connectivity index (χ0n) is 10.5. The maximum atomic E-state index is 13.8. The third-order valence-electron chi connectivity index (χ3n) is 2.91. The van der Waals surface area contributed by atoms with E-state index in [4.69, 9.17) is 5.11 Å². The number of hydrogen-bond acceptors (Lipinski definition) is 3. The largest absolute Gasteiger partial charge is 0.392 e. The molecule has 2 rings (SSSR count). The summed E-state index contributed by atoms with van der Waals surface area (Å²) < 4.78 is 15.7. The van der Waals surface area contributed by atoms with Gasteiger partial charge in [0.25, 0.3) is 0 Å². The standard InChI is InChI=1S/C13H16FN3O/c1-16-6-5-15-13(16)8-17(2)12-4-3-10(9-18)7-11(12)14/h3-7,18H,8-9H2,1-2H3. The van der Waals surface area contributed by atoms with E-state index in [1.807, 2.05) is 24.9 Å². The van der Waals surface area contributed by atoms with E-state index in [0.29, 0.717) is 17.8 Å². The highest BCUT2D eigenvalue weighted by molar-refractivity contribution is 5.48. The summed E-state index contributed by atoms with van der Waals surface area (Å²) in [6.07, 6.45) is 3.57. The molecule has 0 aliphatic heterocycles. The van der Waals surface area contributed by atoms with Crippen molar-refractivity contribution in [1.82, 2.24) is 9.55 Å². The summed E-state index contributed by atoms with van der Waals surface area (Å²) in [7, 11) is 3.72. The average molecular weight is 249 g/mol. The van der Waals surface area contributed by atoms with E-state index in [9.17, 15) is 4.39 Å². The zero-order valence-corrected chi connectivity index (χ0v) is 10.5. The number of rotatable bonds is 4. The third-order valence-corrected chi connectivity index (χ3v) is 2.91. The first-order valence-electron chi connectivity index (χ1n) is 5.68. The van der Waals surface area contributed by atoms with Crippen LogP contribution < -0.4 is 4.90 Å². The van der Waals surface area contributed by atoms with Gasteiger partial charge in [-0.1, -0.05) is 6.07 Å². The number of halogens is 1. The van der Waals surface area contributed by atoms with Gasteiger partial charge in [0.05, 0.1) is 18.8 Å². The van der Waals surface area contributed by atoms with E-state index in [1.165, 1.54) is 6.07 Å². The van der Waals surface area contributed by atoms with E-state index in [-0.39, 0.29) is 12.4 Å². The van der Waals surface area contributed by atoms with Gasteiger partial charge in [-0.05, 0) is 17.7 Å². The molecule has 0 unspecified atom stereocenters. The second-order valence-corrected chi connectivity index (χ2v) is 4.25. The molecule has 4 nitrogen and oxygen atoms in total. The van der Waals surface area contributed by atoms with Gasteiger partial charge >= 0.3 is 0 Å². The van der Waals surface area contributed by atoms with Gasteiger partial charge in [0.15, 0.2) is 0 Å². The summed E-state index contributed by atoms with van der Waals surface area (Å²) in [5, 5.41) is 8.94. The topological polar surface area (TPSA) is 41.3 Å². The predicted molar refractivity (Wildman–Crippen MR) is 67.6 cm³/mol. The molecule has 0 aliphatic carbocycles. The van der Waals surface area contributed by atoms with Crippen molar-refractivity contribution in [3.05, 3.63) is 47.8 Å². The van der Waals surface area contributed by atoms with Crippen molar-refractivity contribution < 1.29 is 9.50 Å². The normalized spacial score (nSPS) is 10.7. The summed E-state index contributed by atoms with van der Waals surface area (Å²) in [5.41, 5.74) is 1.07. The Labute approximate surface area is 105 Å². The minimum Gasteiger partial charge on any atom is -0.392 e. The Morgan fingerprint density at radius 3 is 2.78 bits per heavy atom. The Bertz CT molecular complexity index is 539. The van der Waals surface area contributed by atoms with Crippen LogP contribution >= 0.6 is 0 Å². The smallest absolute Gasteiger partial charge is 0.146 e. The molecule has 18 heavy (non-hydrogen) atoms. The first kappa shape index (κ1) is 12.6. The van der Waals surface area contributed by atoms with Crippen molar-refractivity contribution in [2.24, 2.45) is 7.05 Å². The molecule has 0 saturated carbocycles. The van der Waals surface area contributed by atoms with Crippen LogP contribution in [-0.2, 0) is 20.2 Å². The lowest BCUT2D eigenvalue weighted by molar-refractivity contribution is 0.281. The van der Waals surface area contributed by atoms with Crippen molar-refractivity contribution >= 4 is 5.69 Å². The molecule has 0 bridgehead atoms. The lowest BCUT2D eigenvalue weighted by atomic mass is 10.2. The van der Waals surface area contributed by atoms with Gasteiger partial charge in [-0.3, -0.25) is 0 Å². The number of imidazole rings is 1. The molecule has 1 aromatic heterocycles. The average Bonchev–Trinajstić information content (AvgIpc) is 2.74. The molecule has 1 aromatic carbocycles. The van der Waals surface area contributed by atoms with Gasteiger partial charge in [-0.25, -0.2) is 9.37 Å². The first-order valence-corrected chi connectivity index (χ1v) is 5.68. The molecule has 0 atom stereocenters. The van der Waals surface area contributed by atoms with Crippen LogP contribution in [0.1, 0.15) is 11.4 Å². The lowest BCUT2D eigenvalue weighted by Crippen LogP contribution is -2.20. The van der Waals surface area contributed by atoms with Crippen LogP contribution in [-0.4, -0.2) is 21.7 Å². The number of aromatic nitrogens is 2. The van der Waals surface area contributed by atoms with Crippen LogP contribution in [0.3, 0.4) is 0 Å². The Morgan fingerprint density at radius 1 is 1.44 bits per heavy atom. The lowest BCUT2D eigenvalue weighted by Gasteiger charge is -2.20. The number of nitrogens with zero attached hydrogens (tertiary/aromatic N) is 3. The number of aliphatic hydroxyl groups excluding tert-OH is 1. The van der Waals surface area contributed by atoms with Crippen molar-refractivity contribution in [2.75, 3.05) is 11.9 Å². The molecule has 1 heterocycles. The predicted octanol–water partition coefficient (Wildman–Crippen LogP) is 1.69. The van der Waals surface area contributed by atoms with Crippen LogP contribution in [0, 0.1) is 5.82 Å². The van der Waals surface area contributed by atoms with Crippen molar-refractivity contribution in [1.29, 1.82) is 0 Å². The molecule has 5 heteroatoms. The quantitative estimate of drug-likeness (QED) is 0.896. The molecule has 96 valence electrons. The third kappa shape index (κ3) is 2.51. The van der Waals surface area contributed by atoms with E-state index < -0.39 is 0 Å². The summed E-state index contributed by atoms with van der Waals surface area (Å²) in [6.45, 7) is 0.374. The fourth-order valence-corrected chi connectivity index (χ4v) is 1.80. The maximum absolute atomic E-state index is 13.8. The highest BCUT2D eigenvalue weighted by atomic mass is 19.1. The van der Waals surface area contributed by atoms with E-state index in [2.05, 4.69) is 4.98 Å². The number of aryl methyl sites for hydroxylation is 1. The highest BCUT2D eigenvalue weighted by Crippen LogP contribution is 2.20. The van der Waals surface area contributed by atoms with Gasteiger partial charge in [-0.15, -0.1) is 0 Å². The number of anilines is 1. The SMILES string of the molecule is CN(Cc1nccn1C)c1ccc(CO)cc1F. The van der Waals surface area contributed by atoms with Crippen LogP contribution in [0.5, 0.6) is 0 Å². The molecule has 0 spiro atoms. The molecule has 0 amide bonds. The second-order valence-electron chi connectivity index (χ2n) is 4.25. The Morgan fingerprint density at radius 2 is 2.22 bits per heavy atom. The molecule has 0 saturated heterocycles. The Balaban J connectivity index is 2.19. The first-order chi connectivity index (χ1) is 8.61. The summed E-state index contributed by atoms with van der Waals surface area (Å²) in [5.74, 6) is 0.529. The summed E-state index contributed by atoms with van der Waals surface area (Å²) >= 11 is 0. The minimum absolute atomic E-state index is 0.152. The molecular weight excluding hydrogens is 233 g/mol. The number of hydrogen-bond donors (Lipinski definition) is 1.